The highest BCUT2D eigenvalue weighted by Gasteiger charge is 2.51. The highest BCUT2D eigenvalue weighted by Crippen LogP contribution is 2.52. The van der Waals surface area contributed by atoms with Gasteiger partial charge in [-0.2, -0.15) is 5.26 Å². The van der Waals surface area contributed by atoms with E-state index in [0.717, 1.165) is 19.3 Å². The number of fused-ring (bicyclic) bond motifs is 2. The number of hydrogen-bond acceptors (Lipinski definition) is 3. The molecule has 4 atom stereocenters. The Morgan fingerprint density at radius 3 is 2.67 bits per heavy atom. The normalized spacial score (nSPS) is 38.0. The third kappa shape index (κ3) is 1.73. The van der Waals surface area contributed by atoms with Crippen LogP contribution in [0.1, 0.15) is 33.1 Å². The molecule has 0 aromatic carbocycles. The number of carbonyl (C=O) groups is 1. The predicted molar refractivity (Wildman–Crippen MR) is 54.7 cm³/mol. The van der Waals surface area contributed by atoms with Crippen molar-refractivity contribution in [3.05, 3.63) is 0 Å². The second-order valence-corrected chi connectivity index (χ2v) is 5.00. The van der Waals surface area contributed by atoms with Crippen molar-refractivity contribution in [2.75, 3.05) is 0 Å². The summed E-state index contributed by atoms with van der Waals surface area (Å²) in [5, 5.41) is 9.08. The molecule has 0 aliphatic heterocycles. The minimum Gasteiger partial charge on any atom is -0.463 e. The van der Waals surface area contributed by atoms with Crippen molar-refractivity contribution in [1.29, 1.82) is 5.26 Å². The molecule has 0 aromatic rings. The van der Waals surface area contributed by atoms with Gasteiger partial charge in [-0.3, -0.25) is 4.79 Å². The average molecular weight is 207 g/mol. The van der Waals surface area contributed by atoms with Gasteiger partial charge in [0, 0.05) is 0 Å². The smallest absolute Gasteiger partial charge is 0.310 e. The summed E-state index contributed by atoms with van der Waals surface area (Å²) in [5.41, 5.74) is 0. The molecule has 0 unspecified atom stereocenters. The second kappa shape index (κ2) is 3.84. The largest absolute Gasteiger partial charge is 0.463 e. The number of nitriles is 1. The summed E-state index contributed by atoms with van der Waals surface area (Å²) in [6.45, 7) is 3.71. The van der Waals surface area contributed by atoms with Gasteiger partial charge in [-0.1, -0.05) is 0 Å². The maximum Gasteiger partial charge on any atom is 0.310 e. The predicted octanol–water partition coefficient (Wildman–Crippen LogP) is 2.12. The van der Waals surface area contributed by atoms with Gasteiger partial charge in [-0.25, -0.2) is 0 Å². The minimum absolute atomic E-state index is 0.0732. The van der Waals surface area contributed by atoms with Crippen LogP contribution in [0.2, 0.25) is 0 Å². The zero-order valence-electron chi connectivity index (χ0n) is 9.27. The van der Waals surface area contributed by atoms with Crippen LogP contribution in [-0.4, -0.2) is 12.1 Å². The first-order valence-corrected chi connectivity index (χ1v) is 5.73. The number of rotatable bonds is 2. The number of hydrogen-bond donors (Lipinski definition) is 0. The standard InChI is InChI=1S/C12H17NO2/c1-7(2)15-12(14)11-9-4-3-8(5-9)10(11)6-13/h7-11H,3-5H2,1-2H3/t8-,9+,10+,11-/m0/s1. The summed E-state index contributed by atoms with van der Waals surface area (Å²) < 4.78 is 5.23. The van der Waals surface area contributed by atoms with Gasteiger partial charge in [0.15, 0.2) is 0 Å². The third-order valence-corrected chi connectivity index (χ3v) is 3.69. The Balaban J connectivity index is 2.08. The fraction of sp³-hybridized carbons (Fsp3) is 0.833. The summed E-state index contributed by atoms with van der Waals surface area (Å²) in [6, 6.07) is 2.30. The van der Waals surface area contributed by atoms with E-state index >= 15 is 0 Å². The summed E-state index contributed by atoms with van der Waals surface area (Å²) in [7, 11) is 0. The fourth-order valence-corrected chi connectivity index (χ4v) is 3.13. The lowest BCUT2D eigenvalue weighted by Gasteiger charge is -2.25. The molecule has 0 N–H and O–H groups in total. The van der Waals surface area contributed by atoms with E-state index in [1.165, 1.54) is 0 Å². The first kappa shape index (κ1) is 10.5. The number of carbonyl (C=O) groups excluding carboxylic acids is 1. The van der Waals surface area contributed by atoms with E-state index < -0.39 is 0 Å². The Morgan fingerprint density at radius 2 is 2.07 bits per heavy atom. The van der Waals surface area contributed by atoms with Gasteiger partial charge in [0.1, 0.15) is 0 Å². The number of nitrogens with zero attached hydrogens (tertiary/aromatic N) is 1. The highest BCUT2D eigenvalue weighted by atomic mass is 16.5. The molecule has 0 radical (unpaired) electrons. The zero-order chi connectivity index (χ0) is 11.0. The minimum atomic E-state index is -0.149. The molecule has 2 aliphatic carbocycles. The Morgan fingerprint density at radius 1 is 1.40 bits per heavy atom. The van der Waals surface area contributed by atoms with Gasteiger partial charge >= 0.3 is 5.97 Å². The van der Waals surface area contributed by atoms with Gasteiger partial charge in [0.05, 0.1) is 24.0 Å². The summed E-state index contributed by atoms with van der Waals surface area (Å²) in [4.78, 5) is 11.8. The van der Waals surface area contributed by atoms with Crippen molar-refractivity contribution in [1.82, 2.24) is 0 Å². The molecule has 2 bridgehead atoms. The van der Waals surface area contributed by atoms with Crippen LogP contribution in [0.4, 0.5) is 0 Å². The van der Waals surface area contributed by atoms with Gasteiger partial charge in [0.25, 0.3) is 0 Å². The molecule has 15 heavy (non-hydrogen) atoms. The van der Waals surface area contributed by atoms with Crippen molar-refractivity contribution in [2.24, 2.45) is 23.7 Å². The van der Waals surface area contributed by atoms with Crippen LogP contribution >= 0.6 is 0 Å². The van der Waals surface area contributed by atoms with E-state index in [1.54, 1.807) is 0 Å². The lowest BCUT2D eigenvalue weighted by atomic mass is 9.80. The number of ether oxygens (including phenoxy) is 1. The molecular formula is C12H17NO2. The van der Waals surface area contributed by atoms with E-state index in [4.69, 9.17) is 10.00 Å². The van der Waals surface area contributed by atoms with Crippen LogP contribution in [-0.2, 0) is 9.53 Å². The van der Waals surface area contributed by atoms with Crippen LogP contribution in [0, 0.1) is 35.0 Å². The van der Waals surface area contributed by atoms with Gasteiger partial charge in [-0.15, -0.1) is 0 Å². The van der Waals surface area contributed by atoms with Gasteiger partial charge in [-0.05, 0) is 44.9 Å². The molecule has 2 rings (SSSR count). The maximum absolute atomic E-state index is 11.8. The summed E-state index contributed by atoms with van der Waals surface area (Å²) in [6.07, 6.45) is 3.20. The Kier molecular flexibility index (Phi) is 2.68. The molecule has 2 saturated carbocycles. The quantitative estimate of drug-likeness (QED) is 0.652. The van der Waals surface area contributed by atoms with E-state index in [-0.39, 0.29) is 23.9 Å². The third-order valence-electron chi connectivity index (χ3n) is 3.69. The first-order valence-electron chi connectivity index (χ1n) is 5.73. The van der Waals surface area contributed by atoms with Crippen molar-refractivity contribution in [3.8, 4) is 6.07 Å². The SMILES string of the molecule is CC(C)OC(=O)[C@H]1[C@@H]2CC[C@@H](C2)[C@H]1C#N. The summed E-state index contributed by atoms with van der Waals surface area (Å²) >= 11 is 0. The van der Waals surface area contributed by atoms with Crippen LogP contribution in [0.5, 0.6) is 0 Å². The topological polar surface area (TPSA) is 50.1 Å². The maximum atomic E-state index is 11.8. The Hall–Kier alpha value is -1.04. The van der Waals surface area contributed by atoms with E-state index in [2.05, 4.69) is 6.07 Å². The summed E-state index contributed by atoms with van der Waals surface area (Å²) in [5.74, 6) is 0.477. The van der Waals surface area contributed by atoms with E-state index in [1.807, 2.05) is 13.8 Å². The van der Waals surface area contributed by atoms with E-state index in [9.17, 15) is 4.79 Å². The van der Waals surface area contributed by atoms with Crippen LogP contribution in [0.3, 0.4) is 0 Å². The molecular weight excluding hydrogens is 190 g/mol. The lowest BCUT2D eigenvalue weighted by Crippen LogP contribution is -2.31. The van der Waals surface area contributed by atoms with Crippen molar-refractivity contribution in [3.63, 3.8) is 0 Å². The molecule has 0 aromatic heterocycles. The Bertz CT molecular complexity index is 305. The van der Waals surface area contributed by atoms with Crippen LogP contribution in [0.25, 0.3) is 0 Å². The van der Waals surface area contributed by atoms with Crippen molar-refractivity contribution < 1.29 is 9.53 Å². The number of esters is 1. The molecule has 2 fully saturated rings. The lowest BCUT2D eigenvalue weighted by molar-refractivity contribution is -0.155. The molecule has 82 valence electrons. The molecule has 0 heterocycles. The molecule has 3 nitrogen and oxygen atoms in total. The van der Waals surface area contributed by atoms with Gasteiger partial charge < -0.3 is 4.74 Å². The van der Waals surface area contributed by atoms with E-state index in [0.29, 0.717) is 11.8 Å². The van der Waals surface area contributed by atoms with Crippen LogP contribution in [0.15, 0.2) is 0 Å². The van der Waals surface area contributed by atoms with Crippen molar-refractivity contribution in [2.45, 2.75) is 39.2 Å². The average Bonchev–Trinajstić information content (AvgIpc) is 2.74. The van der Waals surface area contributed by atoms with Crippen molar-refractivity contribution >= 4 is 5.97 Å². The molecule has 2 aliphatic rings. The molecule has 3 heteroatoms. The van der Waals surface area contributed by atoms with Gasteiger partial charge in [0.2, 0.25) is 0 Å². The highest BCUT2D eigenvalue weighted by molar-refractivity contribution is 5.74. The van der Waals surface area contributed by atoms with Crippen LogP contribution < -0.4 is 0 Å². The molecule has 0 spiro atoms. The Labute approximate surface area is 90.4 Å². The fourth-order valence-electron chi connectivity index (χ4n) is 3.13. The first-order chi connectivity index (χ1) is 7.13. The molecule has 0 amide bonds. The molecule has 0 saturated heterocycles. The zero-order valence-corrected chi connectivity index (χ0v) is 9.27. The monoisotopic (exact) mass is 207 g/mol. The second-order valence-electron chi connectivity index (χ2n) is 5.00.